The van der Waals surface area contributed by atoms with Gasteiger partial charge in [-0.05, 0) is 64.1 Å². The third kappa shape index (κ3) is 3.38. The molecule has 164 valence electrons. The number of aromatic nitrogens is 1. The van der Waals surface area contributed by atoms with Crippen LogP contribution in [0.15, 0.2) is 72.8 Å². The Kier molecular flexibility index (Phi) is 5.18. The fraction of sp³-hybridized carbons (Fsp3) is 0.143. The van der Waals surface area contributed by atoms with Crippen LogP contribution in [0.4, 0.5) is 0 Å². The molecule has 2 N–H and O–H groups in total. The Morgan fingerprint density at radius 1 is 0.848 bits per heavy atom. The number of halogens is 1. The lowest BCUT2D eigenvalue weighted by molar-refractivity contribution is 0.0692. The van der Waals surface area contributed by atoms with Gasteiger partial charge in [0.15, 0.2) is 5.69 Å². The minimum Gasteiger partial charge on any atom is -0.507 e. The maximum Gasteiger partial charge on any atom is 0.355 e. The summed E-state index contributed by atoms with van der Waals surface area (Å²) in [7, 11) is 0. The molecule has 0 radical (unpaired) electrons. The number of carboxylic acids is 1. The highest BCUT2D eigenvalue weighted by Gasteiger charge is 2.25. The predicted molar refractivity (Wildman–Crippen MR) is 134 cm³/mol. The van der Waals surface area contributed by atoms with Crippen molar-refractivity contribution in [3.8, 4) is 5.75 Å². The Morgan fingerprint density at radius 3 is 2.33 bits per heavy atom. The molecule has 1 atom stereocenters. The fourth-order valence-corrected chi connectivity index (χ4v) is 5.26. The molecule has 1 aliphatic rings. The summed E-state index contributed by atoms with van der Waals surface area (Å²) in [5, 5.41) is 26.1. The van der Waals surface area contributed by atoms with E-state index in [1.165, 1.54) is 11.1 Å². The van der Waals surface area contributed by atoms with Crippen LogP contribution in [-0.2, 0) is 12.8 Å². The largest absolute Gasteiger partial charge is 0.507 e. The van der Waals surface area contributed by atoms with E-state index in [-0.39, 0.29) is 24.0 Å². The molecule has 5 aromatic rings. The zero-order chi connectivity index (χ0) is 21.8. The highest BCUT2D eigenvalue weighted by Crippen LogP contribution is 2.41. The van der Waals surface area contributed by atoms with Crippen LogP contribution >= 0.6 is 12.4 Å². The first-order chi connectivity index (χ1) is 15.6. The van der Waals surface area contributed by atoms with Crippen molar-refractivity contribution in [3.63, 3.8) is 0 Å². The van der Waals surface area contributed by atoms with Gasteiger partial charge in [0.2, 0.25) is 0 Å². The smallest absolute Gasteiger partial charge is 0.355 e. The number of benzene rings is 4. The van der Waals surface area contributed by atoms with Gasteiger partial charge in [0.25, 0.3) is 0 Å². The second-order valence-electron chi connectivity index (χ2n) is 8.60. The third-order valence-corrected chi connectivity index (χ3v) is 6.82. The standard InChI is InChI=1S/C28H21NO3.ClH/c30-26-15-24-21(20-7-3-4-8-22(20)26)12-11-16-9-10-18(13-23(16)24)25-14-17-5-1-2-6-19(17)27(29-25)28(31)32;/h1-8,11-12,14-15,18,30H,9-10,13H2,(H,31,32);1H. The average molecular weight is 456 g/mol. The number of carboxylic acid groups (broad SMARTS) is 1. The van der Waals surface area contributed by atoms with Gasteiger partial charge < -0.3 is 10.2 Å². The van der Waals surface area contributed by atoms with Crippen LogP contribution in [0.25, 0.3) is 32.3 Å². The van der Waals surface area contributed by atoms with Crippen molar-refractivity contribution in [2.24, 2.45) is 0 Å². The molecule has 0 saturated carbocycles. The second-order valence-corrected chi connectivity index (χ2v) is 8.60. The summed E-state index contributed by atoms with van der Waals surface area (Å²) < 4.78 is 0. The minimum absolute atomic E-state index is 0. The van der Waals surface area contributed by atoms with E-state index in [0.717, 1.165) is 51.9 Å². The first kappa shape index (κ1) is 21.2. The number of fused-ring (bicyclic) bond motifs is 6. The number of aryl methyl sites for hydroxylation is 1. The van der Waals surface area contributed by atoms with Crippen LogP contribution < -0.4 is 0 Å². The number of nitrogens with zero attached hydrogens (tertiary/aromatic N) is 1. The predicted octanol–water partition coefficient (Wildman–Crippen LogP) is 6.64. The number of hydrogen-bond donors (Lipinski definition) is 2. The summed E-state index contributed by atoms with van der Waals surface area (Å²) in [5.41, 5.74) is 3.47. The van der Waals surface area contributed by atoms with Crippen molar-refractivity contribution in [1.29, 1.82) is 0 Å². The number of hydrogen-bond acceptors (Lipinski definition) is 3. The lowest BCUT2D eigenvalue weighted by Gasteiger charge is -2.26. The fourth-order valence-electron chi connectivity index (χ4n) is 5.26. The summed E-state index contributed by atoms with van der Waals surface area (Å²) in [6.07, 6.45) is 2.60. The Hall–Kier alpha value is -3.63. The molecule has 1 aromatic heterocycles. The monoisotopic (exact) mass is 455 g/mol. The van der Waals surface area contributed by atoms with Crippen LogP contribution in [0.5, 0.6) is 5.75 Å². The summed E-state index contributed by atoms with van der Waals surface area (Å²) in [4.78, 5) is 16.5. The van der Waals surface area contributed by atoms with E-state index in [9.17, 15) is 15.0 Å². The van der Waals surface area contributed by atoms with Gasteiger partial charge in [0.05, 0.1) is 0 Å². The number of pyridine rings is 1. The maximum absolute atomic E-state index is 11.9. The van der Waals surface area contributed by atoms with E-state index in [1.54, 1.807) is 0 Å². The molecule has 5 heteroatoms. The van der Waals surface area contributed by atoms with E-state index >= 15 is 0 Å². The van der Waals surface area contributed by atoms with Gasteiger partial charge in [0, 0.05) is 22.4 Å². The van der Waals surface area contributed by atoms with Crippen LogP contribution in [0.2, 0.25) is 0 Å². The molecule has 1 unspecified atom stereocenters. The van der Waals surface area contributed by atoms with Gasteiger partial charge in [-0.15, -0.1) is 12.4 Å². The Bertz CT molecular complexity index is 1560. The van der Waals surface area contributed by atoms with Gasteiger partial charge in [-0.25, -0.2) is 9.78 Å². The van der Waals surface area contributed by atoms with E-state index in [4.69, 9.17) is 0 Å². The van der Waals surface area contributed by atoms with Crippen LogP contribution in [-0.4, -0.2) is 21.2 Å². The number of phenols is 1. The van der Waals surface area contributed by atoms with Crippen LogP contribution in [0.3, 0.4) is 0 Å². The lowest BCUT2D eigenvalue weighted by Crippen LogP contribution is -2.16. The third-order valence-electron chi connectivity index (χ3n) is 6.82. The van der Waals surface area contributed by atoms with Gasteiger partial charge in [-0.1, -0.05) is 60.7 Å². The zero-order valence-electron chi connectivity index (χ0n) is 17.8. The van der Waals surface area contributed by atoms with E-state index < -0.39 is 5.97 Å². The number of rotatable bonds is 2. The first-order valence-corrected chi connectivity index (χ1v) is 10.9. The first-order valence-electron chi connectivity index (χ1n) is 10.9. The lowest BCUT2D eigenvalue weighted by atomic mass is 9.79. The van der Waals surface area contributed by atoms with Gasteiger partial charge in [-0.2, -0.15) is 0 Å². The van der Waals surface area contributed by atoms with Gasteiger partial charge in [0.1, 0.15) is 5.75 Å². The van der Waals surface area contributed by atoms with Gasteiger partial charge >= 0.3 is 5.97 Å². The second kappa shape index (κ2) is 8.05. The van der Waals surface area contributed by atoms with E-state index in [0.29, 0.717) is 11.1 Å². The van der Waals surface area contributed by atoms with E-state index in [2.05, 4.69) is 17.1 Å². The summed E-state index contributed by atoms with van der Waals surface area (Å²) in [6, 6.07) is 23.7. The maximum atomic E-state index is 11.9. The Morgan fingerprint density at radius 2 is 1.55 bits per heavy atom. The molecule has 0 aliphatic heterocycles. The minimum atomic E-state index is -0.999. The summed E-state index contributed by atoms with van der Waals surface area (Å²) in [6.45, 7) is 0. The summed E-state index contributed by atoms with van der Waals surface area (Å²) >= 11 is 0. The van der Waals surface area contributed by atoms with Gasteiger partial charge in [-0.3, -0.25) is 0 Å². The van der Waals surface area contributed by atoms with Crippen molar-refractivity contribution in [3.05, 3.63) is 95.3 Å². The van der Waals surface area contributed by atoms with Crippen LogP contribution in [0, 0.1) is 0 Å². The normalized spacial score (nSPS) is 15.3. The molecule has 0 bridgehead atoms. The van der Waals surface area contributed by atoms with Crippen molar-refractivity contribution < 1.29 is 15.0 Å². The highest BCUT2D eigenvalue weighted by atomic mass is 35.5. The molecule has 1 aliphatic carbocycles. The highest BCUT2D eigenvalue weighted by molar-refractivity contribution is 6.11. The molecule has 33 heavy (non-hydrogen) atoms. The molecular formula is C28H22ClNO3. The van der Waals surface area contributed by atoms with Crippen molar-refractivity contribution >= 4 is 50.7 Å². The number of aromatic hydroxyl groups is 1. The molecule has 1 heterocycles. The van der Waals surface area contributed by atoms with E-state index in [1.807, 2.05) is 60.7 Å². The van der Waals surface area contributed by atoms with Crippen molar-refractivity contribution in [1.82, 2.24) is 4.98 Å². The zero-order valence-corrected chi connectivity index (χ0v) is 18.6. The molecule has 0 fully saturated rings. The quantitative estimate of drug-likeness (QED) is 0.293. The van der Waals surface area contributed by atoms with Crippen molar-refractivity contribution in [2.45, 2.75) is 25.2 Å². The number of aromatic carboxylic acids is 1. The SMILES string of the molecule is Cl.O=C(O)c1nc(C2CCc3ccc4c(cc(O)c5ccccc54)c3C2)cc2ccccc12. The molecule has 0 amide bonds. The van der Waals surface area contributed by atoms with Crippen LogP contribution in [0.1, 0.15) is 39.6 Å². The molecule has 4 aromatic carbocycles. The molecular weight excluding hydrogens is 434 g/mol. The average Bonchev–Trinajstić information content (AvgIpc) is 2.83. The Labute approximate surface area is 196 Å². The molecule has 4 nitrogen and oxygen atoms in total. The topological polar surface area (TPSA) is 70.4 Å². The summed E-state index contributed by atoms with van der Waals surface area (Å²) in [5.74, 6) is -0.578. The Balaban J connectivity index is 0.00000228. The number of phenolic OH excluding ortho intramolecular Hbond substituents is 1. The van der Waals surface area contributed by atoms with Crippen molar-refractivity contribution in [2.75, 3.05) is 0 Å². The molecule has 0 saturated heterocycles. The molecule has 0 spiro atoms. The number of carbonyl (C=O) groups is 1. The molecule has 6 rings (SSSR count).